The topological polar surface area (TPSA) is 32.8 Å². The molecular weight excluding hydrogens is 264 g/mol. The third-order valence-corrected chi connectivity index (χ3v) is 4.82. The number of piperidine rings is 1. The fourth-order valence-electron chi connectivity index (χ4n) is 3.72. The molecule has 0 radical (unpaired) electrons. The molecule has 2 aliphatic rings. The monoisotopic (exact) mass is 296 g/mol. The predicted octanol–water partition coefficient (Wildman–Crippen LogP) is 2.38. The number of amides is 1. The summed E-state index contributed by atoms with van der Waals surface area (Å²) in [6.45, 7) is 14.4. The Bertz CT molecular complexity index is 341. The minimum Gasteiger partial charge on any atom is -0.373 e. The molecule has 0 aromatic carbocycles. The molecule has 0 bridgehead atoms. The fraction of sp³-hybridized carbons (Fsp3) is 0.941. The minimum atomic E-state index is 0.00667. The van der Waals surface area contributed by atoms with Crippen LogP contribution < -0.4 is 0 Å². The quantitative estimate of drug-likeness (QED) is 0.801. The molecule has 0 N–H and O–H groups in total. The van der Waals surface area contributed by atoms with Crippen molar-refractivity contribution in [2.75, 3.05) is 26.2 Å². The summed E-state index contributed by atoms with van der Waals surface area (Å²) < 4.78 is 5.82. The maximum Gasteiger partial charge on any atom is 0.240 e. The van der Waals surface area contributed by atoms with Crippen molar-refractivity contribution in [1.29, 1.82) is 0 Å². The number of nitrogens with zero attached hydrogens (tertiary/aromatic N) is 2. The Labute approximate surface area is 129 Å². The summed E-state index contributed by atoms with van der Waals surface area (Å²) in [5.74, 6) is 1.43. The van der Waals surface area contributed by atoms with Gasteiger partial charge in [-0.1, -0.05) is 20.8 Å². The van der Waals surface area contributed by atoms with Gasteiger partial charge in [-0.15, -0.1) is 0 Å². The van der Waals surface area contributed by atoms with E-state index in [2.05, 4.69) is 44.4 Å². The van der Waals surface area contributed by atoms with E-state index >= 15 is 0 Å². The lowest BCUT2D eigenvalue weighted by atomic mass is 9.95. The van der Waals surface area contributed by atoms with Crippen molar-refractivity contribution < 1.29 is 9.53 Å². The molecule has 2 aliphatic heterocycles. The minimum absolute atomic E-state index is 0.00667. The number of carbonyl (C=O) groups excluding carboxylic acids is 1. The molecule has 4 nitrogen and oxygen atoms in total. The van der Waals surface area contributed by atoms with E-state index in [4.69, 9.17) is 4.74 Å². The lowest BCUT2D eigenvalue weighted by molar-refractivity contribution is -0.146. The molecule has 122 valence electrons. The van der Waals surface area contributed by atoms with Gasteiger partial charge >= 0.3 is 0 Å². The van der Waals surface area contributed by atoms with Crippen molar-refractivity contribution in [2.45, 2.75) is 65.7 Å². The van der Waals surface area contributed by atoms with Crippen LogP contribution in [0.3, 0.4) is 0 Å². The van der Waals surface area contributed by atoms with Gasteiger partial charge in [0.1, 0.15) is 0 Å². The van der Waals surface area contributed by atoms with Gasteiger partial charge in [0.15, 0.2) is 0 Å². The van der Waals surface area contributed by atoms with E-state index in [0.717, 1.165) is 44.9 Å². The number of rotatable bonds is 3. The van der Waals surface area contributed by atoms with Crippen LogP contribution in [-0.2, 0) is 9.53 Å². The first-order valence-corrected chi connectivity index (χ1v) is 8.56. The molecule has 2 saturated heterocycles. The van der Waals surface area contributed by atoms with E-state index in [1.54, 1.807) is 0 Å². The number of likely N-dealkylation sites (tertiary alicyclic amines) is 1. The van der Waals surface area contributed by atoms with Crippen molar-refractivity contribution in [2.24, 2.45) is 11.8 Å². The van der Waals surface area contributed by atoms with Crippen LogP contribution in [0.2, 0.25) is 0 Å². The summed E-state index contributed by atoms with van der Waals surface area (Å²) in [4.78, 5) is 17.4. The smallest absolute Gasteiger partial charge is 0.240 e. The van der Waals surface area contributed by atoms with Crippen LogP contribution in [-0.4, -0.2) is 60.1 Å². The summed E-state index contributed by atoms with van der Waals surface area (Å²) in [5.41, 5.74) is 0. The first-order chi connectivity index (χ1) is 9.88. The molecule has 0 aliphatic carbocycles. The van der Waals surface area contributed by atoms with Crippen molar-refractivity contribution in [1.82, 2.24) is 9.80 Å². The standard InChI is InChI=1S/C17H32N2O2/c1-12(2)16(19-10-14(4)21-15(5)11-19)17(20)18-8-6-13(3)7-9-18/h12-16H,6-11H2,1-5H3. The average molecular weight is 296 g/mol. The normalized spacial score (nSPS) is 30.7. The fourth-order valence-corrected chi connectivity index (χ4v) is 3.72. The van der Waals surface area contributed by atoms with Gasteiger partial charge in [-0.3, -0.25) is 9.69 Å². The zero-order valence-corrected chi connectivity index (χ0v) is 14.3. The van der Waals surface area contributed by atoms with Crippen molar-refractivity contribution in [3.8, 4) is 0 Å². The summed E-state index contributed by atoms with van der Waals surface area (Å²) in [6, 6.07) is 0.00667. The number of ether oxygens (including phenoxy) is 1. The molecule has 0 saturated carbocycles. The predicted molar refractivity (Wildman–Crippen MR) is 85.2 cm³/mol. The van der Waals surface area contributed by atoms with Crippen LogP contribution in [0, 0.1) is 11.8 Å². The van der Waals surface area contributed by atoms with Gasteiger partial charge in [-0.2, -0.15) is 0 Å². The van der Waals surface area contributed by atoms with Crippen LogP contribution in [0.5, 0.6) is 0 Å². The molecule has 3 unspecified atom stereocenters. The Balaban J connectivity index is 2.05. The van der Waals surface area contributed by atoms with Crippen LogP contribution >= 0.6 is 0 Å². The molecule has 1 amide bonds. The van der Waals surface area contributed by atoms with Gasteiger partial charge in [0.05, 0.1) is 18.2 Å². The maximum atomic E-state index is 13.0. The molecule has 2 heterocycles. The molecule has 21 heavy (non-hydrogen) atoms. The van der Waals surface area contributed by atoms with E-state index in [1.807, 2.05) is 0 Å². The van der Waals surface area contributed by atoms with E-state index in [1.165, 1.54) is 0 Å². The largest absolute Gasteiger partial charge is 0.373 e. The first kappa shape index (κ1) is 16.8. The number of morpholine rings is 1. The molecule has 4 heteroatoms. The van der Waals surface area contributed by atoms with E-state index in [-0.39, 0.29) is 18.2 Å². The van der Waals surface area contributed by atoms with Crippen LogP contribution in [0.15, 0.2) is 0 Å². The summed E-state index contributed by atoms with van der Waals surface area (Å²) in [7, 11) is 0. The Hall–Kier alpha value is -0.610. The van der Waals surface area contributed by atoms with Crippen LogP contribution in [0.1, 0.15) is 47.5 Å². The summed E-state index contributed by atoms with van der Waals surface area (Å²) >= 11 is 0. The zero-order valence-electron chi connectivity index (χ0n) is 14.3. The number of hydrogen-bond donors (Lipinski definition) is 0. The van der Waals surface area contributed by atoms with Crippen molar-refractivity contribution >= 4 is 5.91 Å². The highest BCUT2D eigenvalue weighted by Gasteiger charge is 2.36. The Morgan fingerprint density at radius 2 is 1.57 bits per heavy atom. The second-order valence-electron chi connectivity index (χ2n) is 7.41. The molecule has 2 fully saturated rings. The summed E-state index contributed by atoms with van der Waals surface area (Å²) in [5, 5.41) is 0. The Morgan fingerprint density at radius 1 is 1.05 bits per heavy atom. The van der Waals surface area contributed by atoms with Crippen molar-refractivity contribution in [3.05, 3.63) is 0 Å². The lowest BCUT2D eigenvalue weighted by Crippen LogP contribution is -2.58. The van der Waals surface area contributed by atoms with Gasteiger partial charge in [0.2, 0.25) is 5.91 Å². The van der Waals surface area contributed by atoms with Gasteiger partial charge in [0, 0.05) is 26.2 Å². The summed E-state index contributed by atoms with van der Waals surface area (Å²) in [6.07, 6.45) is 2.72. The number of hydrogen-bond acceptors (Lipinski definition) is 3. The number of carbonyl (C=O) groups is 1. The van der Waals surface area contributed by atoms with Gasteiger partial charge in [-0.05, 0) is 38.5 Å². The second kappa shape index (κ2) is 7.10. The molecule has 2 rings (SSSR count). The molecule has 0 aromatic rings. The van der Waals surface area contributed by atoms with E-state index in [9.17, 15) is 4.79 Å². The third kappa shape index (κ3) is 4.19. The van der Waals surface area contributed by atoms with Gasteiger partial charge in [-0.25, -0.2) is 0 Å². The zero-order chi connectivity index (χ0) is 15.6. The highest BCUT2D eigenvalue weighted by molar-refractivity contribution is 5.82. The maximum absolute atomic E-state index is 13.0. The SMILES string of the molecule is CC1CCN(C(=O)C(C(C)C)N2CC(C)OC(C)C2)CC1. The molecule has 0 aromatic heterocycles. The first-order valence-electron chi connectivity index (χ1n) is 8.56. The molecular formula is C17H32N2O2. The molecule has 3 atom stereocenters. The average Bonchev–Trinajstić information content (AvgIpc) is 2.37. The van der Waals surface area contributed by atoms with Gasteiger partial charge in [0.25, 0.3) is 0 Å². The third-order valence-electron chi connectivity index (χ3n) is 4.82. The Kier molecular flexibility index (Phi) is 5.67. The van der Waals surface area contributed by atoms with Crippen LogP contribution in [0.4, 0.5) is 0 Å². The van der Waals surface area contributed by atoms with Crippen LogP contribution in [0.25, 0.3) is 0 Å². The van der Waals surface area contributed by atoms with E-state index in [0.29, 0.717) is 11.8 Å². The van der Waals surface area contributed by atoms with E-state index < -0.39 is 0 Å². The highest BCUT2D eigenvalue weighted by atomic mass is 16.5. The second-order valence-corrected chi connectivity index (χ2v) is 7.41. The Morgan fingerprint density at radius 3 is 2.05 bits per heavy atom. The van der Waals surface area contributed by atoms with Crippen molar-refractivity contribution in [3.63, 3.8) is 0 Å². The molecule has 0 spiro atoms. The van der Waals surface area contributed by atoms with Gasteiger partial charge < -0.3 is 9.64 Å². The highest BCUT2D eigenvalue weighted by Crippen LogP contribution is 2.23. The lowest BCUT2D eigenvalue weighted by Gasteiger charge is -2.43.